The van der Waals surface area contributed by atoms with Gasteiger partial charge in [0.1, 0.15) is 11.1 Å². The summed E-state index contributed by atoms with van der Waals surface area (Å²) in [5.41, 5.74) is -2.60. The fourth-order valence-electron chi connectivity index (χ4n) is 5.02. The van der Waals surface area contributed by atoms with Crippen LogP contribution in [0.2, 0.25) is 0 Å². The summed E-state index contributed by atoms with van der Waals surface area (Å²) in [6.45, 7) is 14.2. The molecule has 0 aromatic heterocycles. The summed E-state index contributed by atoms with van der Waals surface area (Å²) >= 11 is 3.73. The van der Waals surface area contributed by atoms with E-state index in [-0.39, 0.29) is 11.7 Å². The van der Waals surface area contributed by atoms with Gasteiger partial charge in [-0.25, -0.2) is 0 Å². The average molecular weight is 567 g/mol. The maximum Gasteiger partial charge on any atom is 0.316 e. The van der Waals surface area contributed by atoms with Crippen molar-refractivity contribution in [1.82, 2.24) is 10.1 Å². The van der Waals surface area contributed by atoms with Gasteiger partial charge < -0.3 is 10.4 Å². The second kappa shape index (κ2) is 7.58. The molecule has 0 N–H and O–H groups in total. The summed E-state index contributed by atoms with van der Waals surface area (Å²) < 4.78 is 2.36. The number of rotatable bonds is 2. The minimum atomic E-state index is -0.914. The van der Waals surface area contributed by atoms with Crippen molar-refractivity contribution < 1.29 is 19.9 Å². The van der Waals surface area contributed by atoms with E-state index in [0.717, 1.165) is 45.6 Å². The van der Waals surface area contributed by atoms with Crippen LogP contribution >= 0.6 is 15.9 Å². The Morgan fingerprint density at radius 3 is 1.30 bits per heavy atom. The summed E-state index contributed by atoms with van der Waals surface area (Å²) in [5, 5.41) is 57.9. The topological polar surface area (TPSA) is 98.4 Å². The molecule has 0 saturated heterocycles. The fourth-order valence-corrected chi connectivity index (χ4v) is 5.71. The molecule has 0 fully saturated rings. The van der Waals surface area contributed by atoms with E-state index in [9.17, 15) is 20.8 Å². The van der Waals surface area contributed by atoms with Crippen molar-refractivity contribution in [2.45, 2.75) is 77.5 Å². The average Bonchev–Trinajstić information content (AvgIpc) is 3.03. The van der Waals surface area contributed by atoms with Crippen molar-refractivity contribution in [3.8, 4) is 0 Å². The van der Waals surface area contributed by atoms with Crippen LogP contribution in [0.3, 0.4) is 0 Å². The Morgan fingerprint density at radius 2 is 1.00 bits per heavy atom. The van der Waals surface area contributed by atoms with Gasteiger partial charge in [-0.2, -0.15) is 0 Å². The van der Waals surface area contributed by atoms with Crippen LogP contribution in [0.5, 0.6) is 0 Å². The summed E-state index contributed by atoms with van der Waals surface area (Å²) in [6, 6.07) is 13.1. The highest BCUT2D eigenvalue weighted by atomic mass is 79.9. The third-order valence-electron chi connectivity index (χ3n) is 9.20. The molecular formula is C28H31BrN4O4. The highest BCUT2D eigenvalue weighted by Gasteiger charge is 2.61. The Balaban J connectivity index is 1.70. The number of benzene rings is 3. The van der Waals surface area contributed by atoms with Crippen LogP contribution in [-0.4, -0.2) is 53.4 Å². The van der Waals surface area contributed by atoms with Gasteiger partial charge in [-0.05, 0) is 123 Å². The molecule has 0 amide bonds. The van der Waals surface area contributed by atoms with E-state index >= 15 is 0 Å². The first kappa shape index (κ1) is 25.8. The smallest absolute Gasteiger partial charge is 0.316 e. The molecule has 0 spiro atoms. The van der Waals surface area contributed by atoms with E-state index in [1.165, 1.54) is 0 Å². The zero-order chi connectivity index (χ0) is 27.5. The second-order valence-electron chi connectivity index (χ2n) is 12.1. The van der Waals surface area contributed by atoms with Gasteiger partial charge in [0.05, 0.1) is 11.1 Å². The lowest BCUT2D eigenvalue weighted by molar-refractivity contribution is -0.539. The monoisotopic (exact) mass is 566 g/mol. The molecule has 8 nitrogen and oxygen atoms in total. The number of fused-ring (bicyclic) bond motifs is 2. The molecule has 2 aliphatic rings. The van der Waals surface area contributed by atoms with E-state index in [1.807, 2.05) is 30.3 Å². The van der Waals surface area contributed by atoms with Gasteiger partial charge in [-0.15, -0.1) is 0 Å². The number of hydrogen-bond donors (Lipinski definition) is 0. The van der Waals surface area contributed by atoms with Crippen molar-refractivity contribution in [3.63, 3.8) is 0 Å². The first-order valence-electron chi connectivity index (χ1n) is 12.3. The zero-order valence-electron chi connectivity index (χ0n) is 22.3. The molecule has 0 bridgehead atoms. The predicted molar refractivity (Wildman–Crippen MR) is 146 cm³/mol. The lowest BCUT2D eigenvalue weighted by atomic mass is 9.84. The Hall–Kier alpha value is -2.88. The van der Waals surface area contributed by atoms with Crippen LogP contribution in [0.25, 0.3) is 21.5 Å². The van der Waals surface area contributed by atoms with Crippen LogP contribution in [-0.2, 0) is 10.4 Å². The van der Waals surface area contributed by atoms with Crippen molar-refractivity contribution in [2.75, 3.05) is 0 Å². The normalized spacial score (nSPS) is 22.1. The zero-order valence-corrected chi connectivity index (χ0v) is 23.9. The van der Waals surface area contributed by atoms with E-state index in [4.69, 9.17) is 0 Å². The van der Waals surface area contributed by atoms with Gasteiger partial charge in [0.2, 0.25) is 0 Å². The minimum absolute atomic E-state index is 0.0765. The number of hydrogen-bond acceptors (Lipinski definition) is 4. The highest BCUT2D eigenvalue weighted by Crippen LogP contribution is 2.41. The molecule has 2 aliphatic heterocycles. The largest absolute Gasteiger partial charge is 0.714 e. The van der Waals surface area contributed by atoms with Gasteiger partial charge in [-0.1, -0.05) is 22.3 Å². The lowest BCUT2D eigenvalue weighted by Crippen LogP contribution is -2.53. The molecule has 194 valence electrons. The van der Waals surface area contributed by atoms with Crippen LogP contribution in [0.15, 0.2) is 46.9 Å². The SMILES string of the molecule is CC1(C)N([O])C(c2ccc3cc4ccc(C5=[N+]([O-])C(C)(C)C(C)(C)N5[O])cc4c(Br)c3c2)=[N+]([O-])C1(C)C. The van der Waals surface area contributed by atoms with Gasteiger partial charge in [-0.3, -0.25) is 9.48 Å². The Kier molecular flexibility index (Phi) is 5.28. The molecule has 2 radical (unpaired) electrons. The van der Waals surface area contributed by atoms with Gasteiger partial charge in [0.15, 0.2) is 11.1 Å². The Bertz CT molecular complexity index is 1440. The number of hydroxylamine groups is 6. The molecule has 0 aliphatic carbocycles. The van der Waals surface area contributed by atoms with Crippen LogP contribution in [0.1, 0.15) is 66.5 Å². The van der Waals surface area contributed by atoms with Crippen molar-refractivity contribution in [3.05, 3.63) is 68.5 Å². The van der Waals surface area contributed by atoms with Crippen molar-refractivity contribution in [1.29, 1.82) is 0 Å². The molecule has 5 rings (SSSR count). The molecule has 0 atom stereocenters. The molecule has 2 heterocycles. The highest BCUT2D eigenvalue weighted by molar-refractivity contribution is 9.10. The molecule has 37 heavy (non-hydrogen) atoms. The number of amidine groups is 2. The first-order chi connectivity index (χ1) is 17.0. The van der Waals surface area contributed by atoms with Crippen LogP contribution < -0.4 is 0 Å². The van der Waals surface area contributed by atoms with Gasteiger partial charge >= 0.3 is 11.7 Å². The van der Waals surface area contributed by atoms with E-state index in [2.05, 4.69) is 15.9 Å². The first-order valence-corrected chi connectivity index (χ1v) is 13.1. The molecular weight excluding hydrogens is 536 g/mol. The number of halogens is 1. The van der Waals surface area contributed by atoms with E-state index < -0.39 is 22.2 Å². The summed E-state index contributed by atoms with van der Waals surface area (Å²) in [6.07, 6.45) is 0. The van der Waals surface area contributed by atoms with Gasteiger partial charge in [0.25, 0.3) is 0 Å². The molecule has 0 saturated carbocycles. The lowest BCUT2D eigenvalue weighted by Gasteiger charge is -2.32. The van der Waals surface area contributed by atoms with E-state index in [1.54, 1.807) is 67.5 Å². The quantitative estimate of drug-likeness (QED) is 0.225. The standard InChI is InChI=1S/C28H31BrN4O4/c1-25(2)26(3,4)31(35)23(30(25)34)18-11-9-16-13-17-10-12-19(15-21(17)22(29)20(16)14-18)24-32(36)27(5,6)28(7,8)33(24)37/h9-15H,1-8H3. The summed E-state index contributed by atoms with van der Waals surface area (Å²) in [7, 11) is 0. The van der Waals surface area contributed by atoms with Crippen molar-refractivity contribution >= 4 is 49.1 Å². The minimum Gasteiger partial charge on any atom is -0.714 e. The predicted octanol–water partition coefficient (Wildman–Crippen LogP) is 5.71. The second-order valence-corrected chi connectivity index (χ2v) is 12.9. The molecule has 3 aromatic carbocycles. The summed E-state index contributed by atoms with van der Waals surface area (Å²) in [4.78, 5) is 0. The van der Waals surface area contributed by atoms with E-state index in [0.29, 0.717) is 11.1 Å². The Morgan fingerprint density at radius 1 is 0.649 bits per heavy atom. The van der Waals surface area contributed by atoms with Crippen molar-refractivity contribution in [2.24, 2.45) is 0 Å². The number of nitrogens with zero attached hydrogens (tertiary/aromatic N) is 4. The Labute approximate surface area is 224 Å². The molecule has 3 aromatic rings. The van der Waals surface area contributed by atoms with Crippen LogP contribution in [0, 0.1) is 10.4 Å². The molecule has 0 unspecified atom stereocenters. The summed E-state index contributed by atoms with van der Waals surface area (Å²) in [5.74, 6) is 0.153. The third-order valence-corrected chi connectivity index (χ3v) is 10.1. The van der Waals surface area contributed by atoms with Gasteiger partial charge in [0, 0.05) is 14.9 Å². The third kappa shape index (κ3) is 3.14. The maximum atomic E-state index is 13.2. The molecule has 9 heteroatoms. The maximum absolute atomic E-state index is 13.2. The fraction of sp³-hybridized carbons (Fsp3) is 0.429. The van der Waals surface area contributed by atoms with Crippen LogP contribution in [0.4, 0.5) is 0 Å².